The van der Waals surface area contributed by atoms with Gasteiger partial charge < -0.3 is 9.64 Å². The number of nitrogens with zero attached hydrogens (tertiary/aromatic N) is 3. The van der Waals surface area contributed by atoms with Gasteiger partial charge in [-0.1, -0.05) is 0 Å². The van der Waals surface area contributed by atoms with E-state index in [9.17, 15) is 9.59 Å². The maximum atomic E-state index is 12.7. The van der Waals surface area contributed by atoms with Crippen LogP contribution in [-0.2, 0) is 9.53 Å². The second-order valence-corrected chi connectivity index (χ2v) is 6.17. The second-order valence-electron chi connectivity index (χ2n) is 6.17. The number of carbonyl (C=O) groups is 2. The van der Waals surface area contributed by atoms with Crippen LogP contribution in [0.5, 0.6) is 0 Å². The number of piperidine rings is 2. The van der Waals surface area contributed by atoms with Crippen molar-refractivity contribution in [3.63, 3.8) is 0 Å². The van der Waals surface area contributed by atoms with Crippen molar-refractivity contribution in [1.29, 1.82) is 5.26 Å². The van der Waals surface area contributed by atoms with Gasteiger partial charge in [-0.05, 0) is 39.0 Å². The molecule has 0 aromatic carbocycles. The van der Waals surface area contributed by atoms with Crippen molar-refractivity contribution in [2.45, 2.75) is 45.1 Å². The predicted octanol–water partition coefficient (Wildman–Crippen LogP) is 1.76. The Hall–Kier alpha value is -1.77. The lowest BCUT2D eigenvalue weighted by atomic mass is 9.82. The van der Waals surface area contributed by atoms with Crippen molar-refractivity contribution in [2.24, 2.45) is 5.41 Å². The van der Waals surface area contributed by atoms with Gasteiger partial charge in [0, 0.05) is 19.6 Å². The summed E-state index contributed by atoms with van der Waals surface area (Å²) in [6.45, 7) is 3.70. The van der Waals surface area contributed by atoms with E-state index in [0.29, 0.717) is 38.9 Å². The summed E-state index contributed by atoms with van der Waals surface area (Å²) in [7, 11) is 1.34. The molecule has 0 spiro atoms. The first-order valence-corrected chi connectivity index (χ1v) is 7.55. The largest absolute Gasteiger partial charge is 0.453 e. The summed E-state index contributed by atoms with van der Waals surface area (Å²) in [6, 6.07) is 1.93. The Labute approximate surface area is 125 Å². The lowest BCUT2D eigenvalue weighted by Crippen LogP contribution is -2.55. The Balaban J connectivity index is 2.02. The van der Waals surface area contributed by atoms with Crippen molar-refractivity contribution in [2.75, 3.05) is 26.7 Å². The van der Waals surface area contributed by atoms with E-state index >= 15 is 0 Å². The molecule has 6 heteroatoms. The molecule has 2 heterocycles. The van der Waals surface area contributed by atoms with Crippen LogP contribution in [0.1, 0.15) is 39.0 Å². The van der Waals surface area contributed by atoms with Crippen LogP contribution in [0.4, 0.5) is 4.79 Å². The van der Waals surface area contributed by atoms with Gasteiger partial charge in [-0.25, -0.2) is 4.79 Å². The number of likely N-dealkylation sites (tertiary alicyclic amines) is 2. The van der Waals surface area contributed by atoms with Gasteiger partial charge in [-0.3, -0.25) is 9.69 Å². The highest BCUT2D eigenvalue weighted by atomic mass is 16.5. The van der Waals surface area contributed by atoms with Crippen molar-refractivity contribution in [3.05, 3.63) is 0 Å². The summed E-state index contributed by atoms with van der Waals surface area (Å²) in [4.78, 5) is 27.8. The Morgan fingerprint density at radius 3 is 2.48 bits per heavy atom. The second kappa shape index (κ2) is 6.33. The summed E-state index contributed by atoms with van der Waals surface area (Å²) < 4.78 is 4.78. The molecule has 0 aromatic rings. The number of nitriles is 1. The highest BCUT2D eigenvalue weighted by molar-refractivity contribution is 5.86. The third-order valence-corrected chi connectivity index (χ3v) is 4.65. The Bertz CT molecular complexity index is 450. The minimum atomic E-state index is -0.424. The molecule has 2 saturated heterocycles. The molecule has 2 aliphatic heterocycles. The van der Waals surface area contributed by atoms with Crippen LogP contribution < -0.4 is 0 Å². The molecular weight excluding hydrogens is 270 g/mol. The number of methoxy groups -OCH3 is 1. The zero-order valence-electron chi connectivity index (χ0n) is 12.8. The molecule has 0 saturated carbocycles. The van der Waals surface area contributed by atoms with Gasteiger partial charge in [0.25, 0.3) is 0 Å². The Morgan fingerprint density at radius 1 is 1.24 bits per heavy atom. The number of rotatable bonds is 1. The van der Waals surface area contributed by atoms with E-state index in [1.165, 1.54) is 7.11 Å². The fraction of sp³-hybridized carbons (Fsp3) is 0.800. The predicted molar refractivity (Wildman–Crippen MR) is 76.3 cm³/mol. The van der Waals surface area contributed by atoms with Crippen LogP contribution in [0.3, 0.4) is 0 Å². The number of ether oxygens (including phenoxy) is 1. The Kier molecular flexibility index (Phi) is 4.71. The zero-order chi connectivity index (χ0) is 15.5. The van der Waals surface area contributed by atoms with Gasteiger partial charge in [-0.15, -0.1) is 0 Å². The lowest BCUT2D eigenvalue weighted by molar-refractivity contribution is -0.139. The first-order chi connectivity index (χ1) is 10.0. The van der Waals surface area contributed by atoms with E-state index in [-0.39, 0.29) is 11.3 Å². The maximum absolute atomic E-state index is 12.7. The normalized spacial score (nSPS) is 25.1. The topological polar surface area (TPSA) is 73.6 Å². The van der Waals surface area contributed by atoms with Gasteiger partial charge in [0.2, 0.25) is 5.91 Å². The van der Waals surface area contributed by atoms with Crippen LogP contribution >= 0.6 is 0 Å². The molecule has 0 unspecified atom stereocenters. The molecule has 2 aliphatic rings. The summed E-state index contributed by atoms with van der Waals surface area (Å²) in [5, 5.41) is 9.15. The molecule has 0 bridgehead atoms. The molecule has 21 heavy (non-hydrogen) atoms. The van der Waals surface area contributed by atoms with Crippen molar-refractivity contribution in [3.8, 4) is 6.07 Å². The van der Waals surface area contributed by atoms with E-state index in [4.69, 9.17) is 10.00 Å². The van der Waals surface area contributed by atoms with Crippen molar-refractivity contribution < 1.29 is 14.3 Å². The minimum absolute atomic E-state index is 0.0000831. The van der Waals surface area contributed by atoms with Crippen LogP contribution in [0.2, 0.25) is 0 Å². The molecule has 1 atom stereocenters. The maximum Gasteiger partial charge on any atom is 0.410 e. The average Bonchev–Trinajstić information content (AvgIpc) is 2.54. The smallest absolute Gasteiger partial charge is 0.410 e. The van der Waals surface area contributed by atoms with Crippen LogP contribution in [0, 0.1) is 16.7 Å². The summed E-state index contributed by atoms with van der Waals surface area (Å²) in [5.74, 6) is 0.0000831. The standard InChI is InChI=1S/C15H23N3O3/c1-15(11-16)6-9-17(10-7-15)13(19)12-5-3-4-8-18(12)14(20)21-2/h12H,3-10H2,1-2H3/t12-/m0/s1. The summed E-state index contributed by atoms with van der Waals surface area (Å²) in [6.07, 6.45) is 3.52. The number of hydrogen-bond donors (Lipinski definition) is 0. The molecule has 0 radical (unpaired) electrons. The zero-order valence-corrected chi connectivity index (χ0v) is 12.8. The van der Waals surface area contributed by atoms with Crippen LogP contribution in [0.25, 0.3) is 0 Å². The van der Waals surface area contributed by atoms with E-state index in [1.807, 2.05) is 6.92 Å². The van der Waals surface area contributed by atoms with E-state index in [2.05, 4.69) is 6.07 Å². The highest BCUT2D eigenvalue weighted by Crippen LogP contribution is 2.31. The lowest BCUT2D eigenvalue weighted by Gasteiger charge is -2.40. The summed E-state index contributed by atoms with van der Waals surface area (Å²) in [5.41, 5.74) is -0.328. The van der Waals surface area contributed by atoms with Crippen LogP contribution in [0.15, 0.2) is 0 Å². The Morgan fingerprint density at radius 2 is 1.90 bits per heavy atom. The van der Waals surface area contributed by atoms with Crippen LogP contribution in [-0.4, -0.2) is 54.6 Å². The van der Waals surface area contributed by atoms with E-state index < -0.39 is 12.1 Å². The summed E-state index contributed by atoms with van der Waals surface area (Å²) >= 11 is 0. The molecule has 0 aliphatic carbocycles. The van der Waals surface area contributed by atoms with Gasteiger partial charge in [0.1, 0.15) is 6.04 Å². The fourth-order valence-electron chi connectivity index (χ4n) is 3.07. The molecule has 6 nitrogen and oxygen atoms in total. The molecule has 2 rings (SSSR count). The minimum Gasteiger partial charge on any atom is -0.453 e. The molecular formula is C15H23N3O3. The van der Waals surface area contributed by atoms with E-state index in [0.717, 1.165) is 12.8 Å². The quantitative estimate of drug-likeness (QED) is 0.738. The third kappa shape index (κ3) is 3.29. The van der Waals surface area contributed by atoms with Gasteiger partial charge >= 0.3 is 6.09 Å². The van der Waals surface area contributed by atoms with E-state index in [1.54, 1.807) is 9.80 Å². The number of carbonyl (C=O) groups excluding carboxylic acids is 2. The fourth-order valence-corrected chi connectivity index (χ4v) is 3.07. The molecule has 2 fully saturated rings. The van der Waals surface area contributed by atoms with Crippen molar-refractivity contribution >= 4 is 12.0 Å². The highest BCUT2D eigenvalue weighted by Gasteiger charge is 2.38. The van der Waals surface area contributed by atoms with Gasteiger partial charge in [0.15, 0.2) is 0 Å². The SMILES string of the molecule is COC(=O)N1CCCC[C@H]1C(=O)N1CCC(C)(C#N)CC1. The molecule has 2 amide bonds. The monoisotopic (exact) mass is 293 g/mol. The molecule has 116 valence electrons. The number of amides is 2. The average molecular weight is 293 g/mol. The number of hydrogen-bond acceptors (Lipinski definition) is 4. The third-order valence-electron chi connectivity index (χ3n) is 4.65. The molecule has 0 aromatic heterocycles. The van der Waals surface area contributed by atoms with Crippen molar-refractivity contribution in [1.82, 2.24) is 9.80 Å². The molecule has 0 N–H and O–H groups in total. The first kappa shape index (κ1) is 15.6. The first-order valence-electron chi connectivity index (χ1n) is 7.55. The van der Waals surface area contributed by atoms with Gasteiger partial charge in [-0.2, -0.15) is 5.26 Å². The van der Waals surface area contributed by atoms with Gasteiger partial charge in [0.05, 0.1) is 18.6 Å².